The lowest BCUT2D eigenvalue weighted by Gasteiger charge is -2.02. The normalized spacial score (nSPS) is 14.5. The number of aromatic amines is 1. The fraction of sp³-hybridized carbons (Fsp3) is 0.333. The van der Waals surface area contributed by atoms with Crippen molar-refractivity contribution in [1.82, 2.24) is 9.78 Å². The number of benzene rings is 1. The molecule has 0 spiro atoms. The third kappa shape index (κ3) is 2.08. The Morgan fingerprint density at radius 2 is 1.84 bits per heavy atom. The van der Waals surface area contributed by atoms with Crippen molar-refractivity contribution in [2.75, 3.05) is 0 Å². The molecule has 0 unspecified atom stereocenters. The van der Waals surface area contributed by atoms with E-state index in [0.29, 0.717) is 5.56 Å². The highest BCUT2D eigenvalue weighted by Gasteiger charge is 2.16. The molecule has 0 aliphatic heterocycles. The highest BCUT2D eigenvalue weighted by molar-refractivity contribution is 5.39. The zero-order valence-electron chi connectivity index (χ0n) is 10.6. The molecule has 96 valence electrons. The first-order valence-electron chi connectivity index (χ1n) is 6.63. The zero-order valence-corrected chi connectivity index (χ0v) is 10.6. The zero-order chi connectivity index (χ0) is 13.2. The van der Waals surface area contributed by atoms with Crippen LogP contribution in [-0.2, 0) is 12.8 Å². The summed E-state index contributed by atoms with van der Waals surface area (Å²) in [5.41, 5.74) is 3.46. The van der Waals surface area contributed by atoms with Crippen molar-refractivity contribution in [3.63, 3.8) is 0 Å². The molecule has 4 heteroatoms. The summed E-state index contributed by atoms with van der Waals surface area (Å²) in [6, 6.07) is 9.14. The highest BCUT2D eigenvalue weighted by atomic mass is 16.1. The number of rotatable bonds is 1. The topological polar surface area (TPSA) is 61.6 Å². The van der Waals surface area contributed by atoms with Crippen LogP contribution in [0.1, 0.15) is 36.1 Å². The van der Waals surface area contributed by atoms with Crippen molar-refractivity contribution < 1.29 is 0 Å². The molecule has 0 amide bonds. The summed E-state index contributed by atoms with van der Waals surface area (Å²) in [5.74, 6) is 0. The first-order chi connectivity index (χ1) is 9.29. The number of fused-ring (bicyclic) bond motifs is 1. The van der Waals surface area contributed by atoms with Gasteiger partial charge in [-0.25, -0.2) is 4.68 Å². The smallest absolute Gasteiger partial charge is 0.274 e. The molecule has 1 N–H and O–H groups in total. The molecule has 1 aliphatic rings. The second-order valence-electron chi connectivity index (χ2n) is 4.93. The van der Waals surface area contributed by atoms with E-state index in [0.717, 1.165) is 42.6 Å². The van der Waals surface area contributed by atoms with Crippen LogP contribution in [-0.4, -0.2) is 9.78 Å². The molecule has 19 heavy (non-hydrogen) atoms. The number of aryl methyl sites for hydroxylation is 1. The predicted octanol–water partition coefficient (Wildman–Crippen LogP) is 2.31. The number of hydrogen-bond acceptors (Lipinski definition) is 2. The molecule has 4 nitrogen and oxygen atoms in total. The largest absolute Gasteiger partial charge is 0.295 e. The number of aromatic nitrogens is 2. The number of nitrogens with zero attached hydrogens (tertiary/aromatic N) is 2. The van der Waals surface area contributed by atoms with Gasteiger partial charge in [-0.05, 0) is 49.9 Å². The van der Waals surface area contributed by atoms with E-state index in [9.17, 15) is 4.79 Å². The van der Waals surface area contributed by atoms with Crippen LogP contribution < -0.4 is 5.56 Å². The number of nitrogens with one attached hydrogen (secondary N) is 1. The molecule has 0 radical (unpaired) electrons. The van der Waals surface area contributed by atoms with Gasteiger partial charge in [0, 0.05) is 11.3 Å². The molecule has 1 aromatic carbocycles. The summed E-state index contributed by atoms with van der Waals surface area (Å²) in [5, 5.41) is 12.0. The van der Waals surface area contributed by atoms with E-state index < -0.39 is 0 Å². The van der Waals surface area contributed by atoms with Crippen molar-refractivity contribution in [1.29, 1.82) is 5.26 Å². The van der Waals surface area contributed by atoms with E-state index in [1.54, 1.807) is 28.9 Å². The Morgan fingerprint density at radius 3 is 2.58 bits per heavy atom. The standard InChI is InChI=1S/C15H15N3O/c16-10-11-6-8-12(9-7-11)18-15(19)13-4-2-1-3-5-14(13)17-18/h6-9,17H,1-5H2. The van der Waals surface area contributed by atoms with Crippen LogP contribution in [0.5, 0.6) is 0 Å². The van der Waals surface area contributed by atoms with Crippen molar-refractivity contribution in [2.24, 2.45) is 0 Å². The van der Waals surface area contributed by atoms with Gasteiger partial charge < -0.3 is 0 Å². The van der Waals surface area contributed by atoms with Crippen molar-refractivity contribution >= 4 is 0 Å². The Kier molecular flexibility index (Phi) is 2.96. The Hall–Kier alpha value is -2.28. The van der Waals surface area contributed by atoms with E-state index in [-0.39, 0.29) is 5.56 Å². The van der Waals surface area contributed by atoms with Crippen LogP contribution in [0.3, 0.4) is 0 Å². The summed E-state index contributed by atoms with van der Waals surface area (Å²) >= 11 is 0. The second-order valence-corrected chi connectivity index (χ2v) is 4.93. The third-order valence-corrected chi connectivity index (χ3v) is 3.68. The van der Waals surface area contributed by atoms with E-state index >= 15 is 0 Å². The van der Waals surface area contributed by atoms with Gasteiger partial charge in [-0.15, -0.1) is 0 Å². The van der Waals surface area contributed by atoms with E-state index in [1.165, 1.54) is 6.42 Å². The van der Waals surface area contributed by atoms with Crippen molar-refractivity contribution in [3.8, 4) is 11.8 Å². The van der Waals surface area contributed by atoms with Crippen LogP contribution in [0.15, 0.2) is 29.1 Å². The molecule has 0 saturated carbocycles. The molecule has 1 aromatic heterocycles. The first kappa shape index (κ1) is 11.8. The Balaban J connectivity index is 2.06. The summed E-state index contributed by atoms with van der Waals surface area (Å²) in [7, 11) is 0. The monoisotopic (exact) mass is 253 g/mol. The van der Waals surface area contributed by atoms with E-state index in [1.807, 2.05) is 0 Å². The molecule has 1 aliphatic carbocycles. The quantitative estimate of drug-likeness (QED) is 0.793. The number of nitriles is 1. The van der Waals surface area contributed by atoms with Crippen LogP contribution in [0, 0.1) is 11.3 Å². The van der Waals surface area contributed by atoms with Crippen molar-refractivity contribution in [3.05, 3.63) is 51.4 Å². The molecule has 3 rings (SSSR count). The van der Waals surface area contributed by atoms with Gasteiger partial charge >= 0.3 is 0 Å². The van der Waals surface area contributed by atoms with Gasteiger partial charge in [0.05, 0.1) is 17.3 Å². The molecular weight excluding hydrogens is 238 g/mol. The van der Waals surface area contributed by atoms with Gasteiger partial charge in [0.2, 0.25) is 0 Å². The first-order valence-corrected chi connectivity index (χ1v) is 6.63. The minimum Gasteiger partial charge on any atom is -0.295 e. The van der Waals surface area contributed by atoms with Gasteiger partial charge in [0.1, 0.15) is 0 Å². The predicted molar refractivity (Wildman–Crippen MR) is 72.4 cm³/mol. The van der Waals surface area contributed by atoms with Gasteiger partial charge in [0.25, 0.3) is 5.56 Å². The van der Waals surface area contributed by atoms with E-state index in [4.69, 9.17) is 5.26 Å². The van der Waals surface area contributed by atoms with Crippen LogP contribution >= 0.6 is 0 Å². The average Bonchev–Trinajstić information content (AvgIpc) is 2.64. The molecule has 0 saturated heterocycles. The Labute approximate surface area is 111 Å². The molecular formula is C15H15N3O. The van der Waals surface area contributed by atoms with Gasteiger partial charge in [-0.3, -0.25) is 9.89 Å². The number of H-pyrrole nitrogens is 1. The summed E-state index contributed by atoms with van der Waals surface area (Å²) in [6.07, 6.45) is 5.24. The maximum absolute atomic E-state index is 12.4. The molecule has 0 atom stereocenters. The third-order valence-electron chi connectivity index (χ3n) is 3.68. The average molecular weight is 253 g/mol. The maximum Gasteiger partial charge on any atom is 0.274 e. The lowest BCUT2D eigenvalue weighted by Crippen LogP contribution is -2.17. The summed E-state index contributed by atoms with van der Waals surface area (Å²) < 4.78 is 1.59. The van der Waals surface area contributed by atoms with Crippen LogP contribution in [0.4, 0.5) is 0 Å². The summed E-state index contributed by atoms with van der Waals surface area (Å²) in [6.45, 7) is 0. The van der Waals surface area contributed by atoms with Crippen molar-refractivity contribution in [2.45, 2.75) is 32.1 Å². The molecule has 0 bridgehead atoms. The molecule has 0 fully saturated rings. The lowest BCUT2D eigenvalue weighted by molar-refractivity contribution is 0.690. The van der Waals surface area contributed by atoms with Gasteiger partial charge in [0.15, 0.2) is 0 Å². The van der Waals surface area contributed by atoms with E-state index in [2.05, 4.69) is 11.2 Å². The fourth-order valence-corrected chi connectivity index (χ4v) is 2.63. The Morgan fingerprint density at radius 1 is 1.11 bits per heavy atom. The van der Waals surface area contributed by atoms with Gasteiger partial charge in [-0.2, -0.15) is 5.26 Å². The maximum atomic E-state index is 12.4. The van der Waals surface area contributed by atoms with Crippen LogP contribution in [0.2, 0.25) is 0 Å². The minimum absolute atomic E-state index is 0.0570. The fourth-order valence-electron chi connectivity index (χ4n) is 2.63. The SMILES string of the molecule is N#Cc1ccc(-n2[nH]c3c(c2=O)CCCCC3)cc1. The second kappa shape index (κ2) is 4.77. The Bertz CT molecular complexity index is 686. The lowest BCUT2D eigenvalue weighted by atomic mass is 10.1. The van der Waals surface area contributed by atoms with Gasteiger partial charge in [-0.1, -0.05) is 6.42 Å². The molecule has 1 heterocycles. The molecule has 2 aromatic rings. The number of hydrogen-bond donors (Lipinski definition) is 1. The summed E-state index contributed by atoms with van der Waals surface area (Å²) in [4.78, 5) is 12.4. The van der Waals surface area contributed by atoms with Crippen LogP contribution in [0.25, 0.3) is 5.69 Å². The minimum atomic E-state index is 0.0570. The highest BCUT2D eigenvalue weighted by Crippen LogP contribution is 2.17.